The molecule has 4 heteroatoms. The van der Waals surface area contributed by atoms with E-state index >= 15 is 0 Å². The number of nitrogens with one attached hydrogen (secondary N) is 1. The average molecular weight is 203 g/mol. The molecular weight excluding hydrogens is 190 g/mol. The van der Waals surface area contributed by atoms with Crippen LogP contribution >= 0.6 is 0 Å². The lowest BCUT2D eigenvalue weighted by molar-refractivity contribution is 0.0909. The van der Waals surface area contributed by atoms with Crippen LogP contribution in [0.4, 0.5) is 0 Å². The predicted molar refractivity (Wildman–Crippen MR) is 58.9 cm³/mol. The van der Waals surface area contributed by atoms with Crippen molar-refractivity contribution in [3.05, 3.63) is 30.7 Å². The fourth-order valence-corrected chi connectivity index (χ4v) is 1.55. The number of pyridine rings is 1. The highest BCUT2D eigenvalue weighted by atomic mass is 16.2. The highest BCUT2D eigenvalue weighted by Gasteiger charge is 2.07. The van der Waals surface area contributed by atoms with Gasteiger partial charge in [-0.25, -0.2) is 0 Å². The van der Waals surface area contributed by atoms with Crippen LogP contribution in [0.25, 0.3) is 10.9 Å². The molecule has 0 aliphatic carbocycles. The molecule has 2 rings (SSSR count). The van der Waals surface area contributed by atoms with Gasteiger partial charge in [0.25, 0.3) is 0 Å². The SMILES string of the molecule is CNCCC(=O)n1ccc2cnccc21. The maximum atomic E-state index is 11.8. The zero-order valence-corrected chi connectivity index (χ0v) is 8.60. The minimum absolute atomic E-state index is 0.102. The summed E-state index contributed by atoms with van der Waals surface area (Å²) < 4.78 is 1.67. The zero-order valence-electron chi connectivity index (χ0n) is 8.60. The molecule has 0 saturated heterocycles. The van der Waals surface area contributed by atoms with E-state index < -0.39 is 0 Å². The quantitative estimate of drug-likeness (QED) is 0.817. The van der Waals surface area contributed by atoms with Gasteiger partial charge in [0.2, 0.25) is 5.91 Å². The summed E-state index contributed by atoms with van der Waals surface area (Å²) in [5.41, 5.74) is 0.922. The monoisotopic (exact) mass is 203 g/mol. The summed E-state index contributed by atoms with van der Waals surface area (Å²) >= 11 is 0. The smallest absolute Gasteiger partial charge is 0.232 e. The molecule has 78 valence electrons. The summed E-state index contributed by atoms with van der Waals surface area (Å²) in [5.74, 6) is 0.102. The third-order valence-electron chi connectivity index (χ3n) is 2.35. The Morgan fingerprint density at radius 3 is 3.20 bits per heavy atom. The lowest BCUT2D eigenvalue weighted by Gasteiger charge is -2.03. The first kappa shape index (κ1) is 9.86. The number of nitrogens with zero attached hydrogens (tertiary/aromatic N) is 2. The fraction of sp³-hybridized carbons (Fsp3) is 0.273. The van der Waals surface area contributed by atoms with Gasteiger partial charge in [0, 0.05) is 36.9 Å². The van der Waals surface area contributed by atoms with Gasteiger partial charge < -0.3 is 5.32 Å². The first-order valence-corrected chi connectivity index (χ1v) is 4.92. The molecular formula is C11H13N3O. The molecule has 0 bridgehead atoms. The minimum Gasteiger partial charge on any atom is -0.319 e. The Balaban J connectivity index is 2.31. The van der Waals surface area contributed by atoms with Gasteiger partial charge >= 0.3 is 0 Å². The van der Waals surface area contributed by atoms with E-state index in [-0.39, 0.29) is 5.91 Å². The minimum atomic E-state index is 0.102. The van der Waals surface area contributed by atoms with Crippen molar-refractivity contribution in [3.63, 3.8) is 0 Å². The van der Waals surface area contributed by atoms with Gasteiger partial charge in [0.05, 0.1) is 5.52 Å². The third kappa shape index (κ3) is 1.89. The Morgan fingerprint density at radius 2 is 2.40 bits per heavy atom. The highest BCUT2D eigenvalue weighted by molar-refractivity contribution is 5.92. The molecule has 0 amide bonds. The van der Waals surface area contributed by atoms with Crippen LogP contribution in [0.3, 0.4) is 0 Å². The van der Waals surface area contributed by atoms with Gasteiger partial charge in [0.15, 0.2) is 0 Å². The fourth-order valence-electron chi connectivity index (χ4n) is 1.55. The summed E-state index contributed by atoms with van der Waals surface area (Å²) in [5, 5.41) is 3.96. The molecule has 0 atom stereocenters. The van der Waals surface area contributed by atoms with Gasteiger partial charge in [-0.15, -0.1) is 0 Å². The second-order valence-corrected chi connectivity index (χ2v) is 3.37. The largest absolute Gasteiger partial charge is 0.319 e. The lowest BCUT2D eigenvalue weighted by Crippen LogP contribution is -2.17. The van der Waals surface area contributed by atoms with E-state index in [0.29, 0.717) is 13.0 Å². The van der Waals surface area contributed by atoms with Crippen molar-refractivity contribution in [1.29, 1.82) is 0 Å². The van der Waals surface area contributed by atoms with Crippen LogP contribution in [0.5, 0.6) is 0 Å². The first-order chi connectivity index (χ1) is 7.33. The predicted octanol–water partition coefficient (Wildman–Crippen LogP) is 1.29. The Kier molecular flexibility index (Phi) is 2.78. The van der Waals surface area contributed by atoms with Crippen molar-refractivity contribution >= 4 is 16.8 Å². The molecule has 0 fully saturated rings. The van der Waals surface area contributed by atoms with Crippen molar-refractivity contribution < 1.29 is 4.79 Å². The highest BCUT2D eigenvalue weighted by Crippen LogP contribution is 2.13. The van der Waals surface area contributed by atoms with Crippen molar-refractivity contribution in [3.8, 4) is 0 Å². The number of hydrogen-bond acceptors (Lipinski definition) is 3. The molecule has 0 aliphatic rings. The maximum absolute atomic E-state index is 11.8. The van der Waals surface area contributed by atoms with Crippen LogP contribution in [0.2, 0.25) is 0 Å². The molecule has 0 saturated carbocycles. The van der Waals surface area contributed by atoms with E-state index in [2.05, 4.69) is 10.3 Å². The molecule has 2 heterocycles. The molecule has 0 aliphatic heterocycles. The topological polar surface area (TPSA) is 46.9 Å². The first-order valence-electron chi connectivity index (χ1n) is 4.92. The summed E-state index contributed by atoms with van der Waals surface area (Å²) in [4.78, 5) is 15.8. The second kappa shape index (κ2) is 4.23. The Hall–Kier alpha value is -1.68. The van der Waals surface area contributed by atoms with E-state index in [1.165, 1.54) is 0 Å². The molecule has 0 radical (unpaired) electrons. The van der Waals surface area contributed by atoms with Crippen molar-refractivity contribution in [1.82, 2.24) is 14.9 Å². The lowest BCUT2D eigenvalue weighted by atomic mass is 10.3. The van der Waals surface area contributed by atoms with Crippen molar-refractivity contribution in [2.24, 2.45) is 0 Å². The molecule has 2 aromatic rings. The molecule has 0 spiro atoms. The number of fused-ring (bicyclic) bond motifs is 1. The van der Waals surface area contributed by atoms with Gasteiger partial charge in [-0.1, -0.05) is 0 Å². The van der Waals surface area contributed by atoms with Crippen LogP contribution < -0.4 is 5.32 Å². The average Bonchev–Trinajstić information content (AvgIpc) is 2.69. The molecule has 4 nitrogen and oxygen atoms in total. The molecule has 0 unspecified atom stereocenters. The Bertz CT molecular complexity index is 475. The van der Waals surface area contributed by atoms with Crippen molar-refractivity contribution in [2.75, 3.05) is 13.6 Å². The van der Waals surface area contributed by atoms with Crippen LogP contribution in [-0.4, -0.2) is 29.1 Å². The molecule has 1 N–H and O–H groups in total. The number of rotatable bonds is 3. The van der Waals surface area contributed by atoms with Crippen LogP contribution in [0.15, 0.2) is 30.7 Å². The van der Waals surface area contributed by atoms with Gasteiger partial charge in [-0.05, 0) is 19.2 Å². The third-order valence-corrected chi connectivity index (χ3v) is 2.35. The Labute approximate surface area is 87.9 Å². The molecule has 0 aromatic carbocycles. The Morgan fingerprint density at radius 1 is 1.53 bits per heavy atom. The molecule has 15 heavy (non-hydrogen) atoms. The molecule has 2 aromatic heterocycles. The van der Waals surface area contributed by atoms with Crippen LogP contribution in [0.1, 0.15) is 11.2 Å². The van der Waals surface area contributed by atoms with E-state index in [1.54, 1.807) is 23.2 Å². The van der Waals surface area contributed by atoms with E-state index in [0.717, 1.165) is 10.9 Å². The van der Waals surface area contributed by atoms with Crippen LogP contribution in [0, 0.1) is 0 Å². The van der Waals surface area contributed by atoms with E-state index in [4.69, 9.17) is 0 Å². The summed E-state index contributed by atoms with van der Waals surface area (Å²) in [6.45, 7) is 0.698. The van der Waals surface area contributed by atoms with Gasteiger partial charge in [-0.2, -0.15) is 0 Å². The van der Waals surface area contributed by atoms with Gasteiger partial charge in [-0.3, -0.25) is 14.3 Å². The van der Waals surface area contributed by atoms with Crippen molar-refractivity contribution in [2.45, 2.75) is 6.42 Å². The number of aromatic nitrogens is 2. The van der Waals surface area contributed by atoms with Crippen LogP contribution in [-0.2, 0) is 0 Å². The maximum Gasteiger partial charge on any atom is 0.232 e. The standard InChI is InChI=1S/C11H13N3O/c1-12-5-3-11(15)14-7-4-9-8-13-6-2-10(9)14/h2,4,6-8,12H,3,5H2,1H3. The number of carbonyl (C=O) groups excluding carboxylic acids is 1. The van der Waals surface area contributed by atoms with E-state index in [9.17, 15) is 4.79 Å². The normalized spacial score (nSPS) is 10.7. The number of carbonyl (C=O) groups is 1. The summed E-state index contributed by atoms with van der Waals surface area (Å²) in [7, 11) is 1.84. The summed E-state index contributed by atoms with van der Waals surface area (Å²) in [6, 6.07) is 3.76. The van der Waals surface area contributed by atoms with Gasteiger partial charge in [0.1, 0.15) is 0 Å². The summed E-state index contributed by atoms with van der Waals surface area (Å²) in [6.07, 6.45) is 5.76. The zero-order chi connectivity index (χ0) is 10.7. The number of hydrogen-bond donors (Lipinski definition) is 1. The van der Waals surface area contributed by atoms with E-state index in [1.807, 2.05) is 19.2 Å². The second-order valence-electron chi connectivity index (χ2n) is 3.37.